The van der Waals surface area contributed by atoms with Crippen molar-refractivity contribution in [3.8, 4) is 0 Å². The highest BCUT2D eigenvalue weighted by Gasteiger charge is 2.01. The molecule has 2 rings (SSSR count). The number of hydrogen-bond acceptors (Lipinski definition) is 2. The van der Waals surface area contributed by atoms with Crippen molar-refractivity contribution >= 4 is 47.0 Å². The number of hydrogen-bond donors (Lipinski definition) is 2. The standard InChI is InChI=1S/C16H21N3S.HI/c1-12(2)13-5-3-6-14(11-13)19-16(17)18-9-8-15-7-4-10-20-15;/h3-7,10-12H,8-9H2,1-2H3,(H3,17,18,19);1H. The number of aliphatic imine (C=N–C) groups is 1. The molecule has 114 valence electrons. The van der Waals surface area contributed by atoms with E-state index in [4.69, 9.17) is 5.73 Å². The molecule has 0 aliphatic carbocycles. The smallest absolute Gasteiger partial charge is 0.193 e. The lowest BCUT2D eigenvalue weighted by Gasteiger charge is -2.09. The van der Waals surface area contributed by atoms with E-state index in [0.29, 0.717) is 18.4 Å². The molecule has 5 heteroatoms. The topological polar surface area (TPSA) is 50.4 Å². The van der Waals surface area contributed by atoms with Gasteiger partial charge in [-0.2, -0.15) is 0 Å². The van der Waals surface area contributed by atoms with Crippen molar-refractivity contribution in [1.82, 2.24) is 0 Å². The summed E-state index contributed by atoms with van der Waals surface area (Å²) in [7, 11) is 0. The Morgan fingerprint density at radius 3 is 2.76 bits per heavy atom. The number of halogens is 1. The molecule has 0 atom stereocenters. The first-order chi connectivity index (χ1) is 9.65. The minimum atomic E-state index is 0. The van der Waals surface area contributed by atoms with Crippen molar-refractivity contribution in [2.75, 3.05) is 11.9 Å². The molecule has 1 aromatic carbocycles. The van der Waals surface area contributed by atoms with Gasteiger partial charge in [0.05, 0.1) is 0 Å². The van der Waals surface area contributed by atoms with Gasteiger partial charge in [0.2, 0.25) is 0 Å². The SMILES string of the molecule is CC(C)c1cccc(NC(N)=NCCc2cccs2)c1.I. The number of nitrogens with two attached hydrogens (primary N) is 1. The van der Waals surface area contributed by atoms with Gasteiger partial charge in [-0.15, -0.1) is 35.3 Å². The zero-order chi connectivity index (χ0) is 14.4. The summed E-state index contributed by atoms with van der Waals surface area (Å²) >= 11 is 1.75. The molecule has 0 saturated carbocycles. The molecular formula is C16H22IN3S. The Hall–Kier alpha value is -1.08. The first kappa shape index (κ1) is 18.0. The van der Waals surface area contributed by atoms with Crippen LogP contribution in [0.1, 0.15) is 30.2 Å². The summed E-state index contributed by atoms with van der Waals surface area (Å²) in [5.41, 5.74) is 8.20. The first-order valence-electron chi connectivity index (χ1n) is 6.84. The Bertz CT molecular complexity index is 565. The highest BCUT2D eigenvalue weighted by molar-refractivity contribution is 14.0. The van der Waals surface area contributed by atoms with Gasteiger partial charge in [0.1, 0.15) is 0 Å². The molecule has 3 N–H and O–H groups in total. The van der Waals surface area contributed by atoms with Crippen LogP contribution in [0.2, 0.25) is 0 Å². The monoisotopic (exact) mass is 415 g/mol. The van der Waals surface area contributed by atoms with Gasteiger partial charge in [-0.05, 0) is 35.1 Å². The van der Waals surface area contributed by atoms with Gasteiger partial charge in [-0.3, -0.25) is 4.99 Å². The van der Waals surface area contributed by atoms with E-state index in [1.54, 1.807) is 11.3 Å². The predicted molar refractivity (Wildman–Crippen MR) is 104 cm³/mol. The van der Waals surface area contributed by atoms with E-state index >= 15 is 0 Å². The Kier molecular flexibility index (Phi) is 7.74. The number of anilines is 1. The molecule has 0 bridgehead atoms. The van der Waals surface area contributed by atoms with E-state index in [2.05, 4.69) is 53.8 Å². The van der Waals surface area contributed by atoms with Gasteiger partial charge in [0.15, 0.2) is 5.96 Å². The van der Waals surface area contributed by atoms with Gasteiger partial charge >= 0.3 is 0 Å². The zero-order valence-corrected chi connectivity index (χ0v) is 15.5. The van der Waals surface area contributed by atoms with Gasteiger partial charge in [-0.1, -0.05) is 32.0 Å². The second-order valence-corrected chi connectivity index (χ2v) is 6.03. The Balaban J connectivity index is 0.00000220. The second-order valence-electron chi connectivity index (χ2n) is 5.00. The van der Waals surface area contributed by atoms with Crippen LogP contribution in [-0.2, 0) is 6.42 Å². The van der Waals surface area contributed by atoms with Gasteiger partial charge in [0.25, 0.3) is 0 Å². The molecule has 21 heavy (non-hydrogen) atoms. The summed E-state index contributed by atoms with van der Waals surface area (Å²) in [6.07, 6.45) is 0.937. The molecule has 2 aromatic rings. The molecular weight excluding hydrogens is 393 g/mol. The molecule has 0 saturated heterocycles. The average molecular weight is 415 g/mol. The summed E-state index contributed by atoms with van der Waals surface area (Å²) in [6.45, 7) is 5.07. The van der Waals surface area contributed by atoms with Crippen molar-refractivity contribution in [2.24, 2.45) is 10.7 Å². The molecule has 3 nitrogen and oxygen atoms in total. The zero-order valence-electron chi connectivity index (χ0n) is 12.4. The maximum absolute atomic E-state index is 5.91. The summed E-state index contributed by atoms with van der Waals surface area (Å²) < 4.78 is 0. The van der Waals surface area contributed by atoms with Crippen molar-refractivity contribution in [1.29, 1.82) is 0 Å². The number of rotatable bonds is 5. The lowest BCUT2D eigenvalue weighted by Crippen LogP contribution is -2.23. The molecule has 0 amide bonds. The third-order valence-corrected chi connectivity index (χ3v) is 3.98. The molecule has 1 aromatic heterocycles. The largest absolute Gasteiger partial charge is 0.370 e. The van der Waals surface area contributed by atoms with Crippen LogP contribution in [0, 0.1) is 0 Å². The maximum Gasteiger partial charge on any atom is 0.193 e. The predicted octanol–water partition coefficient (Wildman–Crippen LogP) is 4.46. The molecule has 0 aliphatic heterocycles. The fourth-order valence-electron chi connectivity index (χ4n) is 1.90. The van der Waals surface area contributed by atoms with E-state index in [-0.39, 0.29) is 24.0 Å². The number of nitrogens with zero attached hydrogens (tertiary/aromatic N) is 1. The quantitative estimate of drug-likeness (QED) is 0.431. The van der Waals surface area contributed by atoms with E-state index in [1.807, 2.05) is 12.1 Å². The highest BCUT2D eigenvalue weighted by Crippen LogP contribution is 2.18. The Morgan fingerprint density at radius 2 is 2.10 bits per heavy atom. The number of nitrogens with one attached hydrogen (secondary N) is 1. The average Bonchev–Trinajstić information content (AvgIpc) is 2.92. The van der Waals surface area contributed by atoms with Crippen LogP contribution in [-0.4, -0.2) is 12.5 Å². The van der Waals surface area contributed by atoms with Crippen LogP contribution in [0.25, 0.3) is 0 Å². The van der Waals surface area contributed by atoms with E-state index in [9.17, 15) is 0 Å². The summed E-state index contributed by atoms with van der Waals surface area (Å²) in [5, 5.41) is 5.23. The number of guanidine groups is 1. The van der Waals surface area contributed by atoms with E-state index in [1.165, 1.54) is 10.4 Å². The summed E-state index contributed by atoms with van der Waals surface area (Å²) in [4.78, 5) is 5.70. The van der Waals surface area contributed by atoms with Crippen LogP contribution in [0.4, 0.5) is 5.69 Å². The molecule has 1 heterocycles. The van der Waals surface area contributed by atoms with E-state index in [0.717, 1.165) is 12.1 Å². The fourth-order valence-corrected chi connectivity index (χ4v) is 2.60. The second kappa shape index (κ2) is 9.04. The normalized spacial score (nSPS) is 11.3. The number of benzene rings is 1. The van der Waals surface area contributed by atoms with Crippen LogP contribution >= 0.6 is 35.3 Å². The van der Waals surface area contributed by atoms with Crippen LogP contribution in [0.15, 0.2) is 46.8 Å². The third kappa shape index (κ3) is 6.05. The lowest BCUT2D eigenvalue weighted by atomic mass is 10.0. The Morgan fingerprint density at radius 1 is 1.29 bits per heavy atom. The maximum atomic E-state index is 5.91. The minimum absolute atomic E-state index is 0. The summed E-state index contributed by atoms with van der Waals surface area (Å²) in [6, 6.07) is 12.5. The minimum Gasteiger partial charge on any atom is -0.370 e. The van der Waals surface area contributed by atoms with Gasteiger partial charge in [-0.25, -0.2) is 0 Å². The van der Waals surface area contributed by atoms with Crippen molar-refractivity contribution < 1.29 is 0 Å². The third-order valence-electron chi connectivity index (χ3n) is 3.05. The van der Waals surface area contributed by atoms with Crippen LogP contribution in [0.3, 0.4) is 0 Å². The lowest BCUT2D eigenvalue weighted by molar-refractivity contribution is 0.867. The van der Waals surface area contributed by atoms with Crippen molar-refractivity contribution in [3.63, 3.8) is 0 Å². The molecule has 0 aliphatic rings. The first-order valence-corrected chi connectivity index (χ1v) is 7.72. The van der Waals surface area contributed by atoms with Crippen LogP contribution < -0.4 is 11.1 Å². The number of thiophene rings is 1. The highest BCUT2D eigenvalue weighted by atomic mass is 127. The molecule has 0 unspecified atom stereocenters. The molecule has 0 radical (unpaired) electrons. The van der Waals surface area contributed by atoms with Crippen molar-refractivity contribution in [2.45, 2.75) is 26.2 Å². The van der Waals surface area contributed by atoms with Gasteiger partial charge < -0.3 is 11.1 Å². The van der Waals surface area contributed by atoms with Crippen LogP contribution in [0.5, 0.6) is 0 Å². The van der Waals surface area contributed by atoms with E-state index < -0.39 is 0 Å². The molecule has 0 spiro atoms. The molecule has 0 fully saturated rings. The summed E-state index contributed by atoms with van der Waals surface area (Å²) in [5.74, 6) is 0.983. The Labute approximate surface area is 147 Å². The van der Waals surface area contributed by atoms with Gasteiger partial charge in [0, 0.05) is 23.5 Å². The van der Waals surface area contributed by atoms with Crippen molar-refractivity contribution in [3.05, 3.63) is 52.2 Å². The fraction of sp³-hybridized carbons (Fsp3) is 0.312.